The highest BCUT2D eigenvalue weighted by molar-refractivity contribution is 5.77. The third kappa shape index (κ3) is 5.77. The first-order valence-electron chi connectivity index (χ1n) is 6.36. The summed E-state index contributed by atoms with van der Waals surface area (Å²) in [4.78, 5) is 11.4. The Hall–Kier alpha value is -1.42. The second kappa shape index (κ2) is 7.82. The largest absolute Gasteiger partial charge is 0.355 e. The minimum absolute atomic E-state index is 0.00272. The molecule has 2 N–H and O–H groups in total. The highest BCUT2D eigenvalue weighted by atomic mass is 19.1. The SMILES string of the molecule is CCCNC(=O)CNC(C)Cc1cccc(F)c1. The van der Waals surface area contributed by atoms with Crippen molar-refractivity contribution < 1.29 is 9.18 Å². The van der Waals surface area contributed by atoms with Gasteiger partial charge < -0.3 is 10.6 Å². The first-order valence-corrected chi connectivity index (χ1v) is 6.36. The minimum atomic E-state index is -0.222. The molecule has 0 aliphatic rings. The Balaban J connectivity index is 2.29. The molecule has 4 heteroatoms. The zero-order chi connectivity index (χ0) is 13.4. The average molecular weight is 252 g/mol. The highest BCUT2D eigenvalue weighted by Crippen LogP contribution is 2.06. The Morgan fingerprint density at radius 1 is 1.44 bits per heavy atom. The predicted molar refractivity (Wildman–Crippen MR) is 70.9 cm³/mol. The second-order valence-electron chi connectivity index (χ2n) is 4.47. The van der Waals surface area contributed by atoms with Gasteiger partial charge >= 0.3 is 0 Å². The van der Waals surface area contributed by atoms with E-state index in [1.807, 2.05) is 19.9 Å². The van der Waals surface area contributed by atoms with E-state index in [0.717, 1.165) is 12.0 Å². The summed E-state index contributed by atoms with van der Waals surface area (Å²) in [6.07, 6.45) is 1.64. The van der Waals surface area contributed by atoms with Crippen molar-refractivity contribution in [3.05, 3.63) is 35.6 Å². The molecule has 0 heterocycles. The van der Waals surface area contributed by atoms with Gasteiger partial charge in [0.15, 0.2) is 0 Å². The summed E-state index contributed by atoms with van der Waals surface area (Å²) in [5, 5.41) is 5.92. The van der Waals surface area contributed by atoms with Gasteiger partial charge in [0, 0.05) is 12.6 Å². The first-order chi connectivity index (χ1) is 8.61. The third-order valence-electron chi connectivity index (χ3n) is 2.61. The zero-order valence-corrected chi connectivity index (χ0v) is 11.0. The normalized spacial score (nSPS) is 12.2. The van der Waals surface area contributed by atoms with E-state index in [0.29, 0.717) is 19.5 Å². The van der Waals surface area contributed by atoms with Gasteiger partial charge in [-0.2, -0.15) is 0 Å². The Morgan fingerprint density at radius 2 is 2.22 bits per heavy atom. The molecule has 0 fully saturated rings. The van der Waals surface area contributed by atoms with Crippen molar-refractivity contribution in [2.24, 2.45) is 0 Å². The van der Waals surface area contributed by atoms with Crippen LogP contribution in [0.5, 0.6) is 0 Å². The van der Waals surface area contributed by atoms with Crippen molar-refractivity contribution in [3.8, 4) is 0 Å². The smallest absolute Gasteiger partial charge is 0.233 e. The van der Waals surface area contributed by atoms with Crippen LogP contribution in [-0.4, -0.2) is 25.0 Å². The summed E-state index contributed by atoms with van der Waals surface area (Å²) in [5.41, 5.74) is 0.934. The first kappa shape index (κ1) is 14.6. The molecule has 0 bridgehead atoms. The molecule has 1 atom stereocenters. The number of hydrogen-bond donors (Lipinski definition) is 2. The Kier molecular flexibility index (Phi) is 6.36. The number of rotatable bonds is 7. The lowest BCUT2D eigenvalue weighted by Gasteiger charge is -2.13. The van der Waals surface area contributed by atoms with Gasteiger partial charge in [-0.15, -0.1) is 0 Å². The molecule has 1 amide bonds. The van der Waals surface area contributed by atoms with Gasteiger partial charge in [0.05, 0.1) is 6.54 Å². The molecule has 0 aromatic heterocycles. The maximum Gasteiger partial charge on any atom is 0.233 e. The molecule has 0 saturated heterocycles. The number of carbonyl (C=O) groups excluding carboxylic acids is 1. The van der Waals surface area contributed by atoms with Crippen LogP contribution in [-0.2, 0) is 11.2 Å². The second-order valence-corrected chi connectivity index (χ2v) is 4.47. The number of benzene rings is 1. The number of hydrogen-bond acceptors (Lipinski definition) is 2. The monoisotopic (exact) mass is 252 g/mol. The van der Waals surface area contributed by atoms with Crippen LogP contribution in [0.15, 0.2) is 24.3 Å². The van der Waals surface area contributed by atoms with E-state index in [4.69, 9.17) is 0 Å². The van der Waals surface area contributed by atoms with Crippen LogP contribution in [0.3, 0.4) is 0 Å². The van der Waals surface area contributed by atoms with Gasteiger partial charge in [0.25, 0.3) is 0 Å². The number of nitrogens with one attached hydrogen (secondary N) is 2. The van der Waals surface area contributed by atoms with Gasteiger partial charge in [0.1, 0.15) is 5.82 Å². The Bertz CT molecular complexity index is 382. The van der Waals surface area contributed by atoms with Gasteiger partial charge in [-0.1, -0.05) is 19.1 Å². The molecular weight excluding hydrogens is 231 g/mol. The van der Waals surface area contributed by atoms with Gasteiger partial charge in [-0.3, -0.25) is 4.79 Å². The van der Waals surface area contributed by atoms with Crippen LogP contribution in [0.25, 0.3) is 0 Å². The summed E-state index contributed by atoms with van der Waals surface area (Å²) in [6, 6.07) is 6.68. The van der Waals surface area contributed by atoms with E-state index in [9.17, 15) is 9.18 Å². The molecule has 0 spiro atoms. The fraction of sp³-hybridized carbons (Fsp3) is 0.500. The van der Waals surface area contributed by atoms with Crippen molar-refractivity contribution in [2.45, 2.75) is 32.7 Å². The molecule has 0 saturated carbocycles. The molecule has 18 heavy (non-hydrogen) atoms. The lowest BCUT2D eigenvalue weighted by Crippen LogP contribution is -2.39. The Morgan fingerprint density at radius 3 is 2.89 bits per heavy atom. The summed E-state index contributed by atoms with van der Waals surface area (Å²) >= 11 is 0. The molecule has 1 rings (SSSR count). The summed E-state index contributed by atoms with van der Waals surface area (Å²) in [5.74, 6) is -0.219. The molecule has 3 nitrogen and oxygen atoms in total. The summed E-state index contributed by atoms with van der Waals surface area (Å²) in [6.45, 7) is 5.01. The van der Waals surface area contributed by atoms with E-state index >= 15 is 0 Å². The fourth-order valence-corrected chi connectivity index (χ4v) is 1.68. The van der Waals surface area contributed by atoms with Gasteiger partial charge in [-0.25, -0.2) is 4.39 Å². The maximum absolute atomic E-state index is 13.0. The highest BCUT2D eigenvalue weighted by Gasteiger charge is 2.06. The van der Waals surface area contributed by atoms with Crippen molar-refractivity contribution in [1.82, 2.24) is 10.6 Å². The van der Waals surface area contributed by atoms with Crippen LogP contribution in [0.2, 0.25) is 0 Å². The quantitative estimate of drug-likeness (QED) is 0.778. The predicted octanol–water partition coefficient (Wildman–Crippen LogP) is 1.87. The number of halogens is 1. The van der Waals surface area contributed by atoms with E-state index in [1.54, 1.807) is 6.07 Å². The van der Waals surface area contributed by atoms with Gasteiger partial charge in [-0.05, 0) is 37.5 Å². The fourth-order valence-electron chi connectivity index (χ4n) is 1.68. The average Bonchev–Trinajstić information content (AvgIpc) is 2.34. The van der Waals surface area contributed by atoms with Crippen molar-refractivity contribution >= 4 is 5.91 Å². The van der Waals surface area contributed by atoms with E-state index < -0.39 is 0 Å². The molecule has 1 aromatic rings. The standard InChI is InChI=1S/C14H21FN2O/c1-3-7-16-14(18)10-17-11(2)8-12-5-4-6-13(15)9-12/h4-6,9,11,17H,3,7-8,10H2,1-2H3,(H,16,18). The molecule has 0 aliphatic carbocycles. The number of amides is 1. The topological polar surface area (TPSA) is 41.1 Å². The van der Waals surface area contributed by atoms with E-state index in [2.05, 4.69) is 10.6 Å². The molecule has 100 valence electrons. The van der Waals surface area contributed by atoms with Crippen LogP contribution >= 0.6 is 0 Å². The van der Waals surface area contributed by atoms with E-state index in [-0.39, 0.29) is 17.8 Å². The molecule has 1 unspecified atom stereocenters. The number of carbonyl (C=O) groups is 1. The lowest BCUT2D eigenvalue weighted by atomic mass is 10.1. The van der Waals surface area contributed by atoms with Gasteiger partial charge in [0.2, 0.25) is 5.91 Å². The van der Waals surface area contributed by atoms with Crippen LogP contribution in [0.4, 0.5) is 4.39 Å². The molecule has 0 radical (unpaired) electrons. The minimum Gasteiger partial charge on any atom is -0.355 e. The summed E-state index contributed by atoms with van der Waals surface area (Å²) < 4.78 is 13.0. The van der Waals surface area contributed by atoms with Crippen LogP contribution in [0, 0.1) is 5.82 Å². The van der Waals surface area contributed by atoms with E-state index in [1.165, 1.54) is 12.1 Å². The third-order valence-corrected chi connectivity index (χ3v) is 2.61. The van der Waals surface area contributed by atoms with Crippen LogP contribution < -0.4 is 10.6 Å². The Labute approximate surface area is 108 Å². The van der Waals surface area contributed by atoms with Crippen molar-refractivity contribution in [2.75, 3.05) is 13.1 Å². The zero-order valence-electron chi connectivity index (χ0n) is 11.0. The molecule has 0 aliphatic heterocycles. The maximum atomic E-state index is 13.0. The van der Waals surface area contributed by atoms with Crippen molar-refractivity contribution in [3.63, 3.8) is 0 Å². The summed E-state index contributed by atoms with van der Waals surface area (Å²) in [7, 11) is 0. The molecular formula is C14H21FN2O. The van der Waals surface area contributed by atoms with Crippen molar-refractivity contribution in [1.29, 1.82) is 0 Å². The molecule has 1 aromatic carbocycles. The lowest BCUT2D eigenvalue weighted by molar-refractivity contribution is -0.120. The van der Waals surface area contributed by atoms with Crippen LogP contribution in [0.1, 0.15) is 25.8 Å².